The van der Waals surface area contributed by atoms with E-state index in [0.717, 1.165) is 20.7 Å². The van der Waals surface area contributed by atoms with Crippen molar-refractivity contribution in [1.29, 1.82) is 0 Å². The summed E-state index contributed by atoms with van der Waals surface area (Å²) in [6, 6.07) is 21.1. The summed E-state index contributed by atoms with van der Waals surface area (Å²) in [7, 11) is 0. The number of benzene rings is 3. The zero-order chi connectivity index (χ0) is 23.4. The molecule has 1 atom stereocenters. The van der Waals surface area contributed by atoms with Crippen LogP contribution in [0.1, 0.15) is 34.8 Å². The number of aromatic nitrogens is 1. The van der Waals surface area contributed by atoms with Gasteiger partial charge in [-0.25, -0.2) is 4.98 Å². The van der Waals surface area contributed by atoms with Crippen molar-refractivity contribution in [2.24, 2.45) is 0 Å². The number of carbonyl (C=O) groups is 2. The van der Waals surface area contributed by atoms with Crippen molar-refractivity contribution in [3.63, 3.8) is 0 Å². The van der Waals surface area contributed by atoms with Gasteiger partial charge in [-0.3, -0.25) is 9.59 Å². The van der Waals surface area contributed by atoms with Gasteiger partial charge in [0.05, 0.1) is 15.5 Å². The highest BCUT2D eigenvalue weighted by Crippen LogP contribution is 2.31. The maximum Gasteiger partial charge on any atom is 0.255 e. The van der Waals surface area contributed by atoms with E-state index in [1.807, 2.05) is 75.4 Å². The van der Waals surface area contributed by atoms with Crippen molar-refractivity contribution in [1.82, 2.24) is 4.98 Å². The van der Waals surface area contributed by atoms with Gasteiger partial charge < -0.3 is 10.6 Å². The molecule has 0 saturated heterocycles. The first-order valence-electron chi connectivity index (χ1n) is 10.7. The highest BCUT2D eigenvalue weighted by atomic mass is 32.2. The second-order valence-electron chi connectivity index (χ2n) is 7.85. The van der Waals surface area contributed by atoms with Gasteiger partial charge in [0.25, 0.3) is 5.91 Å². The minimum atomic E-state index is -0.276. The normalized spacial score (nSPS) is 11.8. The number of nitrogens with zero attached hydrogens (tertiary/aromatic N) is 1. The molecule has 5 nitrogen and oxygen atoms in total. The second-order valence-corrected chi connectivity index (χ2v) is 10.2. The summed E-state index contributed by atoms with van der Waals surface area (Å²) in [5.41, 5.74) is 4.40. The molecular formula is C26H25N3O2S2. The van der Waals surface area contributed by atoms with E-state index in [1.54, 1.807) is 6.07 Å². The third kappa shape index (κ3) is 5.80. The van der Waals surface area contributed by atoms with Crippen LogP contribution in [0.3, 0.4) is 0 Å². The van der Waals surface area contributed by atoms with E-state index >= 15 is 0 Å². The first kappa shape index (κ1) is 23.0. The molecular weight excluding hydrogens is 450 g/mol. The van der Waals surface area contributed by atoms with Crippen LogP contribution in [0.5, 0.6) is 0 Å². The third-order valence-electron chi connectivity index (χ3n) is 5.09. The van der Waals surface area contributed by atoms with Crippen molar-refractivity contribution in [2.45, 2.75) is 37.3 Å². The molecule has 7 heteroatoms. The first-order valence-corrected chi connectivity index (χ1v) is 12.4. The Kier molecular flexibility index (Phi) is 7.11. The molecule has 2 amide bonds. The summed E-state index contributed by atoms with van der Waals surface area (Å²) < 4.78 is 1.06. The van der Waals surface area contributed by atoms with Crippen LogP contribution >= 0.6 is 23.1 Å². The average molecular weight is 476 g/mol. The number of aryl methyl sites for hydroxylation is 2. The third-order valence-corrected chi connectivity index (χ3v) is 7.38. The quantitative estimate of drug-likeness (QED) is 0.293. The number of hydrogen-bond acceptors (Lipinski definition) is 5. The Labute approximate surface area is 201 Å². The van der Waals surface area contributed by atoms with Crippen LogP contribution in [0, 0.1) is 13.8 Å². The van der Waals surface area contributed by atoms with Crippen molar-refractivity contribution in [2.75, 3.05) is 10.6 Å². The Morgan fingerprint density at radius 3 is 2.55 bits per heavy atom. The fraction of sp³-hybridized carbons (Fsp3) is 0.192. The lowest BCUT2D eigenvalue weighted by atomic mass is 10.1. The van der Waals surface area contributed by atoms with E-state index < -0.39 is 0 Å². The van der Waals surface area contributed by atoms with Crippen LogP contribution in [0.15, 0.2) is 71.6 Å². The summed E-state index contributed by atoms with van der Waals surface area (Å²) in [6.07, 6.45) is 0.667. The van der Waals surface area contributed by atoms with Gasteiger partial charge in [0, 0.05) is 16.1 Å². The van der Waals surface area contributed by atoms with Crippen molar-refractivity contribution >= 4 is 55.9 Å². The molecule has 0 fully saturated rings. The van der Waals surface area contributed by atoms with Gasteiger partial charge >= 0.3 is 0 Å². The monoisotopic (exact) mass is 475 g/mol. The lowest BCUT2D eigenvalue weighted by Gasteiger charge is -2.14. The summed E-state index contributed by atoms with van der Waals surface area (Å²) in [5, 5.41) is 6.25. The minimum Gasteiger partial charge on any atom is -0.322 e. The Balaban J connectivity index is 1.43. The van der Waals surface area contributed by atoms with E-state index in [0.29, 0.717) is 22.8 Å². The predicted octanol–water partition coefficient (Wildman–Crippen LogP) is 6.67. The molecule has 4 rings (SSSR count). The second kappa shape index (κ2) is 10.2. The zero-order valence-corrected chi connectivity index (χ0v) is 20.3. The largest absolute Gasteiger partial charge is 0.322 e. The van der Waals surface area contributed by atoms with Gasteiger partial charge in [0.15, 0.2) is 5.13 Å². The SMILES string of the molecule is CCC(Sc1cccc(NC(=O)c2cccc(C)c2)c1)C(=O)Nc1nc2ccc(C)cc2s1. The number of thiazole rings is 1. The number of rotatable bonds is 7. The molecule has 0 spiro atoms. The molecule has 0 aliphatic carbocycles. The highest BCUT2D eigenvalue weighted by molar-refractivity contribution is 8.00. The Hall–Kier alpha value is -3.16. The van der Waals surface area contributed by atoms with Crippen molar-refractivity contribution in [3.05, 3.63) is 83.4 Å². The van der Waals surface area contributed by atoms with Gasteiger partial charge in [0.1, 0.15) is 0 Å². The number of amides is 2. The van der Waals surface area contributed by atoms with Crippen molar-refractivity contribution < 1.29 is 9.59 Å². The van der Waals surface area contributed by atoms with Crippen molar-refractivity contribution in [3.8, 4) is 0 Å². The standard InChI is InChI=1S/C26H25N3O2S2/c1-4-22(25(31)29-26-28-21-12-11-17(3)14-23(21)33-26)32-20-10-6-9-19(15-20)27-24(30)18-8-5-7-16(2)13-18/h5-15,22H,4H2,1-3H3,(H,27,30)(H,28,29,31). The molecule has 0 bridgehead atoms. The number of fused-ring (bicyclic) bond motifs is 1. The maximum atomic E-state index is 12.9. The molecule has 0 aliphatic rings. The molecule has 168 valence electrons. The van der Waals surface area contributed by atoms with E-state index in [9.17, 15) is 9.59 Å². The number of anilines is 2. The van der Waals surface area contributed by atoms with Gasteiger partial charge in [-0.1, -0.05) is 48.1 Å². The fourth-order valence-corrected chi connectivity index (χ4v) is 5.37. The Bertz CT molecular complexity index is 1320. The van der Waals surface area contributed by atoms with Gasteiger partial charge in [-0.05, 0) is 68.3 Å². The fourth-order valence-electron chi connectivity index (χ4n) is 3.39. The van der Waals surface area contributed by atoms with E-state index in [-0.39, 0.29) is 17.1 Å². The average Bonchev–Trinajstić information content (AvgIpc) is 3.18. The lowest BCUT2D eigenvalue weighted by Crippen LogP contribution is -2.24. The van der Waals surface area contributed by atoms with Gasteiger partial charge in [-0.2, -0.15) is 0 Å². The Morgan fingerprint density at radius 1 is 0.970 bits per heavy atom. The predicted molar refractivity (Wildman–Crippen MR) is 138 cm³/mol. The molecule has 1 unspecified atom stereocenters. The van der Waals surface area contributed by atoms with E-state index in [1.165, 1.54) is 28.7 Å². The van der Waals surface area contributed by atoms with Crippen LogP contribution < -0.4 is 10.6 Å². The summed E-state index contributed by atoms with van der Waals surface area (Å²) in [5.74, 6) is -0.232. The molecule has 4 aromatic rings. The molecule has 3 aromatic carbocycles. The molecule has 33 heavy (non-hydrogen) atoms. The minimum absolute atomic E-state index is 0.0764. The highest BCUT2D eigenvalue weighted by Gasteiger charge is 2.20. The number of nitrogens with one attached hydrogen (secondary N) is 2. The summed E-state index contributed by atoms with van der Waals surface area (Å²) in [6.45, 7) is 5.99. The molecule has 2 N–H and O–H groups in total. The zero-order valence-electron chi connectivity index (χ0n) is 18.7. The molecule has 0 saturated carbocycles. The summed E-state index contributed by atoms with van der Waals surface area (Å²) in [4.78, 5) is 31.0. The van der Waals surface area contributed by atoms with Gasteiger partial charge in [0.2, 0.25) is 5.91 Å². The number of carbonyl (C=O) groups excluding carboxylic acids is 2. The van der Waals surface area contributed by atoms with E-state index in [2.05, 4.69) is 21.7 Å². The van der Waals surface area contributed by atoms with Crippen LogP contribution in [-0.2, 0) is 4.79 Å². The Morgan fingerprint density at radius 2 is 1.76 bits per heavy atom. The van der Waals surface area contributed by atoms with Crippen LogP contribution in [0.2, 0.25) is 0 Å². The number of hydrogen-bond donors (Lipinski definition) is 2. The maximum absolute atomic E-state index is 12.9. The van der Waals surface area contributed by atoms with Crippen LogP contribution in [-0.4, -0.2) is 22.0 Å². The molecule has 1 heterocycles. The molecule has 1 aromatic heterocycles. The topological polar surface area (TPSA) is 71.1 Å². The van der Waals surface area contributed by atoms with E-state index in [4.69, 9.17) is 0 Å². The van der Waals surface area contributed by atoms with Gasteiger partial charge in [-0.15, -0.1) is 11.8 Å². The first-order chi connectivity index (χ1) is 15.9. The summed E-state index contributed by atoms with van der Waals surface area (Å²) >= 11 is 2.96. The lowest BCUT2D eigenvalue weighted by molar-refractivity contribution is -0.115. The smallest absolute Gasteiger partial charge is 0.255 e. The number of thioether (sulfide) groups is 1. The van der Waals surface area contributed by atoms with Crippen LogP contribution in [0.4, 0.5) is 10.8 Å². The van der Waals surface area contributed by atoms with Crippen LogP contribution in [0.25, 0.3) is 10.2 Å². The molecule has 0 radical (unpaired) electrons. The molecule has 0 aliphatic heterocycles.